The Hall–Kier alpha value is -2.34. The Bertz CT molecular complexity index is 718. The monoisotopic (exact) mass is 391 g/mol. The number of aldehydes is 1. The number of amides is 1. The molecule has 0 saturated carbocycles. The fraction of sp³-hybridized carbons (Fsp3) is 0.222. The molecule has 0 aromatic heterocycles. The molecule has 0 N–H and O–H groups in total. The summed E-state index contributed by atoms with van der Waals surface area (Å²) in [4.78, 5) is 25.1. The summed E-state index contributed by atoms with van der Waals surface area (Å²) < 4.78 is 11.4. The van der Waals surface area contributed by atoms with Gasteiger partial charge in [-0.25, -0.2) is 0 Å². The van der Waals surface area contributed by atoms with Crippen LogP contribution in [0.25, 0.3) is 0 Å². The Balaban J connectivity index is 2.15. The number of likely N-dealkylation sites (N-methyl/N-ethyl adjacent to an activating group) is 1. The molecule has 24 heavy (non-hydrogen) atoms. The maximum absolute atomic E-state index is 12.5. The first-order valence-electron chi connectivity index (χ1n) is 7.41. The van der Waals surface area contributed by atoms with Crippen LogP contribution in [0, 0.1) is 0 Å². The highest BCUT2D eigenvalue weighted by molar-refractivity contribution is 9.10. The van der Waals surface area contributed by atoms with E-state index in [4.69, 9.17) is 9.47 Å². The van der Waals surface area contributed by atoms with Crippen molar-refractivity contribution in [3.05, 3.63) is 52.5 Å². The van der Waals surface area contributed by atoms with E-state index in [1.807, 2.05) is 37.3 Å². The minimum Gasteiger partial charge on any atom is -0.493 e. The van der Waals surface area contributed by atoms with E-state index in [2.05, 4.69) is 15.9 Å². The van der Waals surface area contributed by atoms with Crippen LogP contribution < -0.4 is 14.4 Å². The molecule has 126 valence electrons. The normalized spacial score (nSPS) is 10.1. The van der Waals surface area contributed by atoms with Gasteiger partial charge in [0.25, 0.3) is 5.91 Å². The van der Waals surface area contributed by atoms with Gasteiger partial charge in [0.15, 0.2) is 24.4 Å². The van der Waals surface area contributed by atoms with Crippen molar-refractivity contribution in [2.24, 2.45) is 0 Å². The van der Waals surface area contributed by atoms with E-state index in [9.17, 15) is 9.59 Å². The number of ether oxygens (including phenoxy) is 2. The average molecular weight is 392 g/mol. The quantitative estimate of drug-likeness (QED) is 0.675. The second-order valence-electron chi connectivity index (χ2n) is 4.90. The molecule has 0 unspecified atom stereocenters. The van der Waals surface area contributed by atoms with Gasteiger partial charge in [-0.2, -0.15) is 0 Å². The molecule has 0 bridgehead atoms. The summed E-state index contributed by atoms with van der Waals surface area (Å²) in [6.45, 7) is 2.28. The summed E-state index contributed by atoms with van der Waals surface area (Å²) >= 11 is 3.29. The molecule has 5 nitrogen and oxygen atoms in total. The Morgan fingerprint density at radius 3 is 2.50 bits per heavy atom. The molecule has 0 aliphatic rings. The van der Waals surface area contributed by atoms with Crippen molar-refractivity contribution in [3.8, 4) is 11.5 Å². The van der Waals surface area contributed by atoms with Crippen LogP contribution in [0.5, 0.6) is 11.5 Å². The second kappa shape index (κ2) is 8.49. The molecule has 6 heteroatoms. The minimum atomic E-state index is -0.179. The molecule has 2 aromatic carbocycles. The van der Waals surface area contributed by atoms with Gasteiger partial charge in [0.1, 0.15) is 0 Å². The summed E-state index contributed by atoms with van der Waals surface area (Å²) in [5, 5.41) is 0. The van der Waals surface area contributed by atoms with Crippen molar-refractivity contribution < 1.29 is 19.1 Å². The van der Waals surface area contributed by atoms with Crippen LogP contribution in [-0.2, 0) is 4.79 Å². The van der Waals surface area contributed by atoms with Gasteiger partial charge >= 0.3 is 0 Å². The van der Waals surface area contributed by atoms with Gasteiger partial charge in [-0.3, -0.25) is 9.59 Å². The van der Waals surface area contributed by atoms with Crippen molar-refractivity contribution in [1.82, 2.24) is 0 Å². The number of rotatable bonds is 7. The lowest BCUT2D eigenvalue weighted by molar-refractivity contribution is -0.120. The number of anilines is 1. The smallest absolute Gasteiger partial charge is 0.264 e. The predicted molar refractivity (Wildman–Crippen MR) is 96.0 cm³/mol. The lowest BCUT2D eigenvalue weighted by atomic mass is 10.2. The summed E-state index contributed by atoms with van der Waals surface area (Å²) in [7, 11) is 1.50. The molecule has 0 radical (unpaired) electrons. The zero-order chi connectivity index (χ0) is 17.5. The number of methoxy groups -OCH3 is 1. The molecule has 1 amide bonds. The Labute approximate surface area is 149 Å². The molecule has 0 fully saturated rings. The van der Waals surface area contributed by atoms with Crippen molar-refractivity contribution in [2.45, 2.75) is 6.92 Å². The first-order valence-corrected chi connectivity index (χ1v) is 8.21. The Kier molecular flexibility index (Phi) is 6.37. The maximum atomic E-state index is 12.5. The number of carbonyl (C=O) groups is 2. The predicted octanol–water partition coefficient (Wildman–Crippen LogP) is 3.70. The summed E-state index contributed by atoms with van der Waals surface area (Å²) in [5.41, 5.74) is 1.23. The van der Waals surface area contributed by atoms with E-state index < -0.39 is 0 Å². The number of hydrogen-bond donors (Lipinski definition) is 0. The van der Waals surface area contributed by atoms with E-state index in [0.29, 0.717) is 34.4 Å². The largest absolute Gasteiger partial charge is 0.493 e. The average Bonchev–Trinajstić information content (AvgIpc) is 2.61. The van der Waals surface area contributed by atoms with Crippen molar-refractivity contribution >= 4 is 33.8 Å². The van der Waals surface area contributed by atoms with Crippen LogP contribution in [0.1, 0.15) is 17.3 Å². The highest BCUT2D eigenvalue weighted by Crippen LogP contribution is 2.33. The fourth-order valence-electron chi connectivity index (χ4n) is 2.24. The van der Waals surface area contributed by atoms with E-state index in [-0.39, 0.29) is 12.5 Å². The number of benzene rings is 2. The standard InChI is InChI=1S/C18H18BrNO4/c1-3-20(14-7-5-4-6-8-14)18(22)12-24-17-9-13(11-21)15(19)10-16(17)23-2/h4-11H,3,12H2,1-2H3. The molecular weight excluding hydrogens is 374 g/mol. The van der Waals surface area contributed by atoms with E-state index in [0.717, 1.165) is 5.69 Å². The summed E-state index contributed by atoms with van der Waals surface area (Å²) in [5.74, 6) is 0.615. The van der Waals surface area contributed by atoms with Crippen molar-refractivity contribution in [2.75, 3.05) is 25.2 Å². The number of para-hydroxylation sites is 1. The van der Waals surface area contributed by atoms with Crippen molar-refractivity contribution in [1.29, 1.82) is 0 Å². The first-order chi connectivity index (χ1) is 11.6. The highest BCUT2D eigenvalue weighted by Gasteiger charge is 2.16. The third-order valence-corrected chi connectivity index (χ3v) is 4.13. The number of nitrogens with zero attached hydrogens (tertiary/aromatic N) is 1. The molecule has 0 saturated heterocycles. The minimum absolute atomic E-state index is 0.154. The van der Waals surface area contributed by atoms with Crippen LogP contribution in [0.3, 0.4) is 0 Å². The third kappa shape index (κ3) is 4.14. The molecule has 0 spiro atoms. The lowest BCUT2D eigenvalue weighted by Gasteiger charge is -2.21. The topological polar surface area (TPSA) is 55.8 Å². The van der Waals surface area contributed by atoms with Crippen molar-refractivity contribution in [3.63, 3.8) is 0 Å². The number of halogens is 1. The summed E-state index contributed by atoms with van der Waals surface area (Å²) in [6, 6.07) is 12.6. The molecule has 0 aliphatic carbocycles. The van der Waals surface area contributed by atoms with Crippen LogP contribution in [0.15, 0.2) is 46.9 Å². The van der Waals surface area contributed by atoms with E-state index in [1.165, 1.54) is 7.11 Å². The molecule has 2 aromatic rings. The van der Waals surface area contributed by atoms with Gasteiger partial charge < -0.3 is 14.4 Å². The van der Waals surface area contributed by atoms with Gasteiger partial charge in [-0.05, 0) is 47.1 Å². The fourth-order valence-corrected chi connectivity index (χ4v) is 2.66. The van der Waals surface area contributed by atoms with Gasteiger partial charge in [0.2, 0.25) is 0 Å². The number of carbonyl (C=O) groups excluding carboxylic acids is 2. The first kappa shape index (κ1) is 18.0. The molecule has 0 atom stereocenters. The molecule has 2 rings (SSSR count). The van der Waals surface area contributed by atoms with E-state index in [1.54, 1.807) is 17.0 Å². The molecule has 0 heterocycles. The van der Waals surface area contributed by atoms with Crippen LogP contribution >= 0.6 is 15.9 Å². The van der Waals surface area contributed by atoms with Gasteiger partial charge in [-0.15, -0.1) is 0 Å². The molecule has 0 aliphatic heterocycles. The maximum Gasteiger partial charge on any atom is 0.264 e. The van der Waals surface area contributed by atoms with Crippen LogP contribution in [-0.4, -0.2) is 32.5 Å². The third-order valence-electron chi connectivity index (χ3n) is 3.45. The van der Waals surface area contributed by atoms with Gasteiger partial charge in [-0.1, -0.05) is 18.2 Å². The van der Waals surface area contributed by atoms with Gasteiger partial charge in [0, 0.05) is 22.3 Å². The SMILES string of the molecule is CCN(C(=O)COc1cc(C=O)c(Br)cc1OC)c1ccccc1. The zero-order valence-corrected chi connectivity index (χ0v) is 15.1. The van der Waals surface area contributed by atoms with Crippen LogP contribution in [0.4, 0.5) is 5.69 Å². The molecular formula is C18H18BrNO4. The Morgan fingerprint density at radius 1 is 1.21 bits per heavy atom. The number of hydrogen-bond acceptors (Lipinski definition) is 4. The Morgan fingerprint density at radius 2 is 1.92 bits per heavy atom. The zero-order valence-electron chi connectivity index (χ0n) is 13.5. The second-order valence-corrected chi connectivity index (χ2v) is 5.76. The highest BCUT2D eigenvalue weighted by atomic mass is 79.9. The van der Waals surface area contributed by atoms with E-state index >= 15 is 0 Å². The van der Waals surface area contributed by atoms with Crippen LogP contribution in [0.2, 0.25) is 0 Å². The van der Waals surface area contributed by atoms with Gasteiger partial charge in [0.05, 0.1) is 7.11 Å². The lowest BCUT2D eigenvalue weighted by Crippen LogP contribution is -2.34. The summed E-state index contributed by atoms with van der Waals surface area (Å²) in [6.07, 6.45) is 0.709.